The Labute approximate surface area is 160 Å². The molecule has 28 heavy (non-hydrogen) atoms. The van der Waals surface area contributed by atoms with E-state index >= 15 is 0 Å². The van der Waals surface area contributed by atoms with Crippen molar-refractivity contribution >= 4 is 22.7 Å². The number of nitro groups is 2. The van der Waals surface area contributed by atoms with Gasteiger partial charge in [0.25, 0.3) is 0 Å². The first-order chi connectivity index (χ1) is 13.1. The van der Waals surface area contributed by atoms with Crippen molar-refractivity contribution in [2.24, 2.45) is 0 Å². The molecule has 0 radical (unpaired) electrons. The van der Waals surface area contributed by atoms with E-state index in [0.717, 1.165) is 41.2 Å². The van der Waals surface area contributed by atoms with Crippen LogP contribution in [0.4, 0.5) is 24.5 Å². The lowest BCUT2D eigenvalue weighted by Gasteiger charge is -2.06. The lowest BCUT2D eigenvalue weighted by Crippen LogP contribution is -2.04. The molecule has 2 aromatic carbocycles. The van der Waals surface area contributed by atoms with E-state index in [9.17, 15) is 33.4 Å². The third kappa shape index (κ3) is 3.58. The highest BCUT2D eigenvalue weighted by Gasteiger charge is 2.38. The zero-order chi connectivity index (χ0) is 20.6. The third-order valence-electron chi connectivity index (χ3n) is 4.01. The van der Waals surface area contributed by atoms with Crippen molar-refractivity contribution in [2.45, 2.75) is 13.1 Å². The van der Waals surface area contributed by atoms with Gasteiger partial charge in [0, 0.05) is 0 Å². The molecule has 0 spiro atoms. The van der Waals surface area contributed by atoms with Gasteiger partial charge in [-0.25, -0.2) is 0 Å². The Bertz CT molecular complexity index is 1060. The standard InChI is InChI=1S/C18H11F3N2O4S/c1-10-2-4-11(5-3-10)16-14(22(24)25)15(23(26)27)17(28-16)12-6-8-13(9-7-12)18(19,20)21/h2-9H,1H3. The zero-order valence-electron chi connectivity index (χ0n) is 14.2. The highest BCUT2D eigenvalue weighted by atomic mass is 32.1. The molecule has 0 amide bonds. The van der Waals surface area contributed by atoms with Crippen LogP contribution in [0.1, 0.15) is 11.1 Å². The van der Waals surface area contributed by atoms with Crippen LogP contribution in [0.5, 0.6) is 0 Å². The van der Waals surface area contributed by atoms with Crippen molar-refractivity contribution in [2.75, 3.05) is 0 Å². The predicted molar refractivity (Wildman–Crippen MR) is 98.2 cm³/mol. The summed E-state index contributed by atoms with van der Waals surface area (Å²) in [5, 5.41) is 23.1. The fourth-order valence-electron chi connectivity index (χ4n) is 2.66. The van der Waals surface area contributed by atoms with E-state index in [1.165, 1.54) is 0 Å². The van der Waals surface area contributed by atoms with Crippen LogP contribution >= 0.6 is 11.3 Å². The maximum Gasteiger partial charge on any atom is 0.416 e. The van der Waals surface area contributed by atoms with Gasteiger partial charge in [0.2, 0.25) is 0 Å². The molecule has 6 nitrogen and oxygen atoms in total. The largest absolute Gasteiger partial charge is 0.416 e. The van der Waals surface area contributed by atoms with Crippen LogP contribution in [-0.4, -0.2) is 9.85 Å². The van der Waals surface area contributed by atoms with Crippen molar-refractivity contribution in [3.05, 3.63) is 79.9 Å². The first-order valence-electron chi connectivity index (χ1n) is 7.80. The lowest BCUT2D eigenvalue weighted by molar-refractivity contribution is -0.420. The van der Waals surface area contributed by atoms with Gasteiger partial charge in [-0.2, -0.15) is 13.2 Å². The van der Waals surface area contributed by atoms with Crippen molar-refractivity contribution in [1.29, 1.82) is 0 Å². The van der Waals surface area contributed by atoms with Gasteiger partial charge in [-0.05, 0) is 30.2 Å². The predicted octanol–water partition coefficient (Wildman–Crippen LogP) is 6.23. The highest BCUT2D eigenvalue weighted by molar-refractivity contribution is 7.20. The number of hydrogen-bond donors (Lipinski definition) is 0. The molecule has 1 aromatic heterocycles. The van der Waals surface area contributed by atoms with Crippen molar-refractivity contribution in [3.63, 3.8) is 0 Å². The lowest BCUT2D eigenvalue weighted by atomic mass is 10.1. The van der Waals surface area contributed by atoms with Gasteiger partial charge in [-0.15, -0.1) is 11.3 Å². The zero-order valence-corrected chi connectivity index (χ0v) is 15.0. The molecule has 0 atom stereocenters. The van der Waals surface area contributed by atoms with Gasteiger partial charge in [-0.3, -0.25) is 20.2 Å². The van der Waals surface area contributed by atoms with Gasteiger partial charge in [0.1, 0.15) is 9.75 Å². The molecule has 10 heteroatoms. The number of hydrogen-bond acceptors (Lipinski definition) is 5. The van der Waals surface area contributed by atoms with Crippen LogP contribution in [0.25, 0.3) is 20.9 Å². The van der Waals surface area contributed by atoms with E-state index in [0.29, 0.717) is 5.56 Å². The number of thiophene rings is 1. The summed E-state index contributed by atoms with van der Waals surface area (Å²) < 4.78 is 38.3. The van der Waals surface area contributed by atoms with Gasteiger partial charge >= 0.3 is 17.6 Å². The van der Waals surface area contributed by atoms with E-state index in [4.69, 9.17) is 0 Å². The maximum atomic E-state index is 12.8. The molecule has 0 bridgehead atoms. The van der Waals surface area contributed by atoms with Crippen molar-refractivity contribution in [3.8, 4) is 20.9 Å². The maximum absolute atomic E-state index is 12.8. The molecular weight excluding hydrogens is 397 g/mol. The first kappa shape index (κ1) is 19.5. The van der Waals surface area contributed by atoms with Crippen molar-refractivity contribution < 1.29 is 23.0 Å². The van der Waals surface area contributed by atoms with E-state index < -0.39 is 33.0 Å². The van der Waals surface area contributed by atoms with Crippen LogP contribution in [0.3, 0.4) is 0 Å². The van der Waals surface area contributed by atoms with Gasteiger partial charge in [0.15, 0.2) is 0 Å². The first-order valence-corrected chi connectivity index (χ1v) is 8.61. The fraction of sp³-hybridized carbons (Fsp3) is 0.111. The Balaban J connectivity index is 2.24. The molecular formula is C18H11F3N2O4S. The minimum Gasteiger partial charge on any atom is -0.258 e. The molecule has 0 unspecified atom stereocenters. The van der Waals surface area contributed by atoms with Crippen LogP contribution in [0, 0.1) is 27.2 Å². The monoisotopic (exact) mass is 408 g/mol. The molecule has 0 fully saturated rings. The number of rotatable bonds is 4. The number of aryl methyl sites for hydroxylation is 1. The van der Waals surface area contributed by atoms with Gasteiger partial charge < -0.3 is 0 Å². The molecule has 0 saturated heterocycles. The summed E-state index contributed by atoms with van der Waals surface area (Å²) in [6.45, 7) is 1.82. The molecule has 0 aliphatic heterocycles. The minimum absolute atomic E-state index is 0.0685. The summed E-state index contributed by atoms with van der Waals surface area (Å²) in [6, 6.07) is 10.4. The van der Waals surface area contributed by atoms with Gasteiger partial charge in [-0.1, -0.05) is 42.0 Å². The summed E-state index contributed by atoms with van der Waals surface area (Å²) >= 11 is 0.804. The molecule has 0 aliphatic rings. The SMILES string of the molecule is Cc1ccc(-c2sc(-c3ccc(C(F)(F)F)cc3)c([N+](=O)[O-])c2[N+](=O)[O-])cc1. The quantitative estimate of drug-likeness (QED) is 0.378. The molecule has 3 aromatic rings. The Morgan fingerprint density at radius 1 is 0.786 bits per heavy atom. The average molecular weight is 408 g/mol. The summed E-state index contributed by atoms with van der Waals surface area (Å²) in [7, 11) is 0. The molecule has 144 valence electrons. The Kier molecular flexibility index (Phi) is 4.90. The highest BCUT2D eigenvalue weighted by Crippen LogP contribution is 2.51. The van der Waals surface area contributed by atoms with Crippen LogP contribution in [-0.2, 0) is 6.18 Å². The topological polar surface area (TPSA) is 86.3 Å². The smallest absolute Gasteiger partial charge is 0.258 e. The van der Waals surface area contributed by atoms with E-state index in [-0.39, 0.29) is 15.3 Å². The second kappa shape index (κ2) is 7.04. The Morgan fingerprint density at radius 3 is 1.54 bits per heavy atom. The fourth-order valence-corrected chi connectivity index (χ4v) is 3.91. The molecule has 3 rings (SSSR count). The van der Waals surface area contributed by atoms with Crippen LogP contribution < -0.4 is 0 Å². The number of alkyl halides is 3. The van der Waals surface area contributed by atoms with Gasteiger partial charge in [0.05, 0.1) is 15.4 Å². The van der Waals surface area contributed by atoms with E-state index in [2.05, 4.69) is 0 Å². The molecule has 1 heterocycles. The Hall–Kier alpha value is -3.27. The molecule has 0 N–H and O–H groups in total. The molecule has 0 saturated carbocycles. The third-order valence-corrected chi connectivity index (χ3v) is 5.28. The number of nitrogens with zero attached hydrogens (tertiary/aromatic N) is 2. The second-order valence-corrected chi connectivity index (χ2v) is 6.93. The van der Waals surface area contributed by atoms with Crippen LogP contribution in [0.2, 0.25) is 0 Å². The Morgan fingerprint density at radius 2 is 1.18 bits per heavy atom. The second-order valence-electron chi connectivity index (χ2n) is 5.91. The number of benzene rings is 2. The van der Waals surface area contributed by atoms with Crippen LogP contribution in [0.15, 0.2) is 48.5 Å². The summed E-state index contributed by atoms with van der Waals surface area (Å²) in [6.07, 6.45) is -4.56. The number of halogens is 3. The van der Waals surface area contributed by atoms with Crippen molar-refractivity contribution in [1.82, 2.24) is 0 Å². The normalized spacial score (nSPS) is 11.4. The van der Waals surface area contributed by atoms with E-state index in [1.54, 1.807) is 24.3 Å². The minimum atomic E-state index is -4.56. The summed E-state index contributed by atoms with van der Waals surface area (Å²) in [5.41, 5.74) is -0.891. The average Bonchev–Trinajstić information content (AvgIpc) is 3.03. The summed E-state index contributed by atoms with van der Waals surface area (Å²) in [4.78, 5) is 21.4. The summed E-state index contributed by atoms with van der Waals surface area (Å²) in [5.74, 6) is 0. The van der Waals surface area contributed by atoms with E-state index in [1.807, 2.05) is 6.92 Å². The molecule has 0 aliphatic carbocycles.